The second kappa shape index (κ2) is 18.5. The zero-order chi connectivity index (χ0) is 28.6. The standard InChI is InChI=1S/C35H56N2O3/c1-4-6-8-10-12-14-23-37(24-15-13-11-9-7-5-2)26-33-28(3)34(30-21-19-29(27-38)20-22-30)40-35(39-33)31-17-16-18-32(36)25-31/h16-22,25,28,33-35,38H,4-15,23-24,26-27,36H2,1-3H3/t28-,33+,34+,35+/m0/s1. The van der Waals surface area contributed by atoms with Gasteiger partial charge in [-0.05, 0) is 49.2 Å². The molecule has 0 aromatic heterocycles. The van der Waals surface area contributed by atoms with Crippen LogP contribution in [-0.4, -0.2) is 35.7 Å². The van der Waals surface area contributed by atoms with Crippen molar-refractivity contribution in [1.29, 1.82) is 0 Å². The largest absolute Gasteiger partial charge is 0.399 e. The number of nitrogens with zero attached hydrogens (tertiary/aromatic N) is 1. The summed E-state index contributed by atoms with van der Waals surface area (Å²) in [6.45, 7) is 10.0. The maximum Gasteiger partial charge on any atom is 0.185 e. The molecule has 0 amide bonds. The Morgan fingerprint density at radius 2 is 1.35 bits per heavy atom. The molecular formula is C35H56N2O3. The monoisotopic (exact) mass is 552 g/mol. The van der Waals surface area contributed by atoms with Gasteiger partial charge in [-0.2, -0.15) is 0 Å². The second-order valence-corrected chi connectivity index (χ2v) is 11.8. The predicted octanol–water partition coefficient (Wildman–Crippen LogP) is 8.58. The topological polar surface area (TPSA) is 68.0 Å². The molecule has 0 saturated carbocycles. The van der Waals surface area contributed by atoms with Crippen molar-refractivity contribution in [1.82, 2.24) is 4.90 Å². The van der Waals surface area contributed by atoms with Crippen molar-refractivity contribution in [2.24, 2.45) is 5.92 Å². The van der Waals surface area contributed by atoms with Gasteiger partial charge in [-0.1, -0.05) is 121 Å². The Morgan fingerprint density at radius 1 is 0.750 bits per heavy atom. The van der Waals surface area contributed by atoms with Crippen molar-refractivity contribution in [2.75, 3.05) is 25.4 Å². The molecule has 5 nitrogen and oxygen atoms in total. The molecule has 0 bridgehead atoms. The van der Waals surface area contributed by atoms with Gasteiger partial charge < -0.3 is 25.2 Å². The van der Waals surface area contributed by atoms with Crippen LogP contribution in [0.3, 0.4) is 0 Å². The van der Waals surface area contributed by atoms with Gasteiger partial charge in [0.25, 0.3) is 0 Å². The van der Waals surface area contributed by atoms with Crippen molar-refractivity contribution in [2.45, 2.75) is 123 Å². The first kappa shape index (κ1) is 32.6. The van der Waals surface area contributed by atoms with E-state index in [1.165, 1.54) is 77.0 Å². The molecule has 5 heteroatoms. The Kier molecular flexibility index (Phi) is 15.1. The summed E-state index contributed by atoms with van der Waals surface area (Å²) in [6, 6.07) is 16.1. The maximum absolute atomic E-state index is 9.54. The third-order valence-corrected chi connectivity index (χ3v) is 8.40. The molecule has 0 spiro atoms. The van der Waals surface area contributed by atoms with Crippen molar-refractivity contribution >= 4 is 5.69 Å². The van der Waals surface area contributed by atoms with Crippen LogP contribution in [0.15, 0.2) is 48.5 Å². The Morgan fingerprint density at radius 3 is 1.93 bits per heavy atom. The quantitative estimate of drug-likeness (QED) is 0.135. The zero-order valence-electron chi connectivity index (χ0n) is 25.5. The van der Waals surface area contributed by atoms with E-state index in [1.807, 2.05) is 36.4 Å². The minimum absolute atomic E-state index is 0.0443. The van der Waals surface area contributed by atoms with Gasteiger partial charge in [0, 0.05) is 23.7 Å². The van der Waals surface area contributed by atoms with Gasteiger partial charge >= 0.3 is 0 Å². The van der Waals surface area contributed by atoms with Gasteiger partial charge in [-0.15, -0.1) is 0 Å². The molecule has 1 saturated heterocycles. The highest BCUT2D eigenvalue weighted by atomic mass is 16.7. The fourth-order valence-electron chi connectivity index (χ4n) is 5.81. The number of anilines is 1. The summed E-state index contributed by atoms with van der Waals surface area (Å²) in [6.07, 6.45) is 15.3. The van der Waals surface area contributed by atoms with E-state index in [4.69, 9.17) is 15.2 Å². The molecule has 4 atom stereocenters. The number of unbranched alkanes of at least 4 members (excludes halogenated alkanes) is 10. The fraction of sp³-hybridized carbons (Fsp3) is 0.657. The Bertz CT molecular complexity index is 918. The normalized spacial score (nSPS) is 21.2. The molecule has 0 unspecified atom stereocenters. The molecular weight excluding hydrogens is 496 g/mol. The van der Waals surface area contributed by atoms with E-state index in [2.05, 4.69) is 37.8 Å². The number of aliphatic hydroxyl groups is 1. The van der Waals surface area contributed by atoms with Crippen LogP contribution in [0.4, 0.5) is 5.69 Å². The van der Waals surface area contributed by atoms with Gasteiger partial charge in [-0.3, -0.25) is 0 Å². The molecule has 3 N–H and O–H groups in total. The SMILES string of the molecule is CCCCCCCCN(CCCCCCCC)C[C@H]1O[C@@H](c2cccc(N)c2)O[C@@H](c2ccc(CO)cc2)[C@H]1C. The van der Waals surface area contributed by atoms with Crippen molar-refractivity contribution in [3.63, 3.8) is 0 Å². The van der Waals surface area contributed by atoms with Crippen LogP contribution in [0.25, 0.3) is 0 Å². The van der Waals surface area contributed by atoms with E-state index in [0.717, 1.165) is 42.0 Å². The Balaban J connectivity index is 1.72. The molecule has 0 aliphatic carbocycles. The highest BCUT2D eigenvalue weighted by Crippen LogP contribution is 2.42. The lowest BCUT2D eigenvalue weighted by Gasteiger charge is -2.43. The molecule has 224 valence electrons. The minimum atomic E-state index is -0.461. The average molecular weight is 553 g/mol. The first-order valence-corrected chi connectivity index (χ1v) is 16.1. The number of hydrogen-bond acceptors (Lipinski definition) is 5. The minimum Gasteiger partial charge on any atom is -0.399 e. The molecule has 0 radical (unpaired) electrons. The van der Waals surface area contributed by atoms with Gasteiger partial charge in [-0.25, -0.2) is 0 Å². The summed E-state index contributed by atoms with van der Waals surface area (Å²) in [4.78, 5) is 2.66. The average Bonchev–Trinajstić information content (AvgIpc) is 2.97. The number of hydrogen-bond donors (Lipinski definition) is 2. The third kappa shape index (κ3) is 10.8. The maximum atomic E-state index is 9.54. The van der Waals surface area contributed by atoms with Crippen molar-refractivity contribution in [3.8, 4) is 0 Å². The number of benzene rings is 2. The third-order valence-electron chi connectivity index (χ3n) is 8.40. The number of aliphatic hydroxyl groups excluding tert-OH is 1. The number of nitrogen functional groups attached to an aromatic ring is 1. The van der Waals surface area contributed by atoms with Crippen molar-refractivity contribution in [3.05, 3.63) is 65.2 Å². The van der Waals surface area contributed by atoms with E-state index in [1.54, 1.807) is 0 Å². The first-order valence-electron chi connectivity index (χ1n) is 16.1. The van der Waals surface area contributed by atoms with Crippen LogP contribution in [-0.2, 0) is 16.1 Å². The molecule has 1 aliphatic rings. The Hall–Kier alpha value is -1.92. The van der Waals surface area contributed by atoms with E-state index in [9.17, 15) is 5.11 Å². The summed E-state index contributed by atoms with van der Waals surface area (Å²) in [5.74, 6) is 0.189. The van der Waals surface area contributed by atoms with E-state index < -0.39 is 6.29 Å². The first-order chi connectivity index (χ1) is 19.5. The van der Waals surface area contributed by atoms with Crippen molar-refractivity contribution < 1.29 is 14.6 Å². The highest BCUT2D eigenvalue weighted by molar-refractivity contribution is 5.41. The molecule has 40 heavy (non-hydrogen) atoms. The van der Waals surface area contributed by atoms with Gasteiger partial charge in [0.1, 0.15) is 0 Å². The molecule has 2 aromatic rings. The van der Waals surface area contributed by atoms with Crippen LogP contribution in [0.5, 0.6) is 0 Å². The summed E-state index contributed by atoms with van der Waals surface area (Å²) < 4.78 is 13.4. The summed E-state index contributed by atoms with van der Waals surface area (Å²) >= 11 is 0. The van der Waals surface area contributed by atoms with Gasteiger partial charge in [0.15, 0.2) is 6.29 Å². The summed E-state index contributed by atoms with van der Waals surface area (Å²) in [7, 11) is 0. The smallest absolute Gasteiger partial charge is 0.185 e. The fourth-order valence-corrected chi connectivity index (χ4v) is 5.81. The van der Waals surface area contributed by atoms with E-state index in [0.29, 0.717) is 0 Å². The molecule has 2 aromatic carbocycles. The van der Waals surface area contributed by atoms with Crippen LogP contribution in [0, 0.1) is 5.92 Å². The summed E-state index contributed by atoms with van der Waals surface area (Å²) in [5.41, 5.74) is 9.87. The number of ether oxygens (including phenoxy) is 2. The molecule has 1 heterocycles. The predicted molar refractivity (Wildman–Crippen MR) is 167 cm³/mol. The lowest BCUT2D eigenvalue weighted by Crippen LogP contribution is -2.45. The molecule has 3 rings (SSSR count). The van der Waals surface area contributed by atoms with Crippen LogP contribution < -0.4 is 5.73 Å². The van der Waals surface area contributed by atoms with Crippen LogP contribution in [0.1, 0.15) is 127 Å². The van der Waals surface area contributed by atoms with E-state index in [-0.39, 0.29) is 24.7 Å². The number of nitrogens with two attached hydrogens (primary N) is 1. The van der Waals surface area contributed by atoms with Crippen LogP contribution >= 0.6 is 0 Å². The lowest BCUT2D eigenvalue weighted by molar-refractivity contribution is -0.276. The highest BCUT2D eigenvalue weighted by Gasteiger charge is 2.39. The summed E-state index contributed by atoms with van der Waals surface area (Å²) in [5, 5.41) is 9.54. The molecule has 1 aliphatic heterocycles. The van der Waals surface area contributed by atoms with Gasteiger partial charge in [0.2, 0.25) is 0 Å². The van der Waals surface area contributed by atoms with E-state index >= 15 is 0 Å². The second-order valence-electron chi connectivity index (χ2n) is 11.8. The Labute approximate surface area is 244 Å². The number of rotatable bonds is 19. The lowest BCUT2D eigenvalue weighted by atomic mass is 9.90. The molecule has 1 fully saturated rings. The zero-order valence-corrected chi connectivity index (χ0v) is 25.5. The van der Waals surface area contributed by atoms with Crippen LogP contribution in [0.2, 0.25) is 0 Å². The van der Waals surface area contributed by atoms with Gasteiger partial charge in [0.05, 0.1) is 18.8 Å².